The zero-order valence-corrected chi connectivity index (χ0v) is 11.9. The van der Waals surface area contributed by atoms with Crippen molar-refractivity contribution in [3.05, 3.63) is 24.2 Å². The number of furan rings is 1. The van der Waals surface area contributed by atoms with Crippen molar-refractivity contribution in [2.24, 2.45) is 5.92 Å². The van der Waals surface area contributed by atoms with Crippen molar-refractivity contribution in [2.45, 2.75) is 51.6 Å². The van der Waals surface area contributed by atoms with Crippen molar-refractivity contribution in [3.8, 4) is 0 Å². The Morgan fingerprint density at radius 3 is 2.60 bits per heavy atom. The van der Waals surface area contributed by atoms with Gasteiger partial charge >= 0.3 is 11.8 Å². The lowest BCUT2D eigenvalue weighted by Crippen LogP contribution is -2.45. The number of rotatable bonds is 4. The summed E-state index contributed by atoms with van der Waals surface area (Å²) in [6.45, 7) is 2.44. The molecule has 2 rings (SSSR count). The molecule has 0 radical (unpaired) electrons. The summed E-state index contributed by atoms with van der Waals surface area (Å²) in [5, 5.41) is 5.36. The van der Waals surface area contributed by atoms with E-state index in [1.165, 1.54) is 12.7 Å². The van der Waals surface area contributed by atoms with Gasteiger partial charge in [-0.15, -0.1) is 0 Å². The van der Waals surface area contributed by atoms with Gasteiger partial charge in [-0.1, -0.05) is 13.3 Å². The number of hydrogen-bond acceptors (Lipinski definition) is 3. The van der Waals surface area contributed by atoms with Crippen LogP contribution in [0.5, 0.6) is 0 Å². The van der Waals surface area contributed by atoms with Crippen molar-refractivity contribution in [1.82, 2.24) is 10.6 Å². The number of carbonyl (C=O) groups excluding carboxylic acids is 2. The molecule has 5 nitrogen and oxygen atoms in total. The van der Waals surface area contributed by atoms with E-state index in [1.807, 2.05) is 0 Å². The highest BCUT2D eigenvalue weighted by atomic mass is 16.3. The normalized spacial score (nSPS) is 22.2. The van der Waals surface area contributed by atoms with Crippen LogP contribution in [-0.4, -0.2) is 17.9 Å². The molecule has 0 bridgehead atoms. The van der Waals surface area contributed by atoms with Gasteiger partial charge in [-0.3, -0.25) is 9.59 Å². The molecular weight excluding hydrogens is 256 g/mol. The third kappa shape index (κ3) is 4.11. The van der Waals surface area contributed by atoms with E-state index in [4.69, 9.17) is 4.42 Å². The molecule has 1 aliphatic carbocycles. The quantitative estimate of drug-likeness (QED) is 0.827. The van der Waals surface area contributed by atoms with Crippen LogP contribution in [-0.2, 0) is 16.1 Å². The molecule has 0 atom stereocenters. The molecule has 0 saturated heterocycles. The van der Waals surface area contributed by atoms with Crippen LogP contribution in [0.25, 0.3) is 0 Å². The maximum absolute atomic E-state index is 11.8. The van der Waals surface area contributed by atoms with E-state index in [-0.39, 0.29) is 12.6 Å². The molecule has 1 fully saturated rings. The summed E-state index contributed by atoms with van der Waals surface area (Å²) < 4.78 is 5.09. The Labute approximate surface area is 119 Å². The fourth-order valence-corrected chi connectivity index (χ4v) is 2.63. The van der Waals surface area contributed by atoms with E-state index >= 15 is 0 Å². The van der Waals surface area contributed by atoms with Crippen LogP contribution in [0.1, 0.15) is 44.8 Å². The van der Waals surface area contributed by atoms with Gasteiger partial charge in [0.05, 0.1) is 12.8 Å². The average Bonchev–Trinajstić information content (AvgIpc) is 2.98. The molecular formula is C15H22N2O3. The molecule has 0 aromatic carbocycles. The summed E-state index contributed by atoms with van der Waals surface area (Å²) in [6.07, 6.45) is 6.94. The molecule has 1 aromatic rings. The lowest BCUT2D eigenvalue weighted by atomic mass is 9.84. The second kappa shape index (κ2) is 7.12. The summed E-state index contributed by atoms with van der Waals surface area (Å²) in [4.78, 5) is 23.4. The fraction of sp³-hybridized carbons (Fsp3) is 0.600. The van der Waals surface area contributed by atoms with E-state index in [2.05, 4.69) is 17.6 Å². The first-order valence-corrected chi connectivity index (χ1v) is 7.30. The van der Waals surface area contributed by atoms with Crippen LogP contribution < -0.4 is 10.6 Å². The lowest BCUT2D eigenvalue weighted by Gasteiger charge is -2.28. The van der Waals surface area contributed by atoms with E-state index in [0.717, 1.165) is 31.6 Å². The summed E-state index contributed by atoms with van der Waals surface area (Å²) in [7, 11) is 0. The summed E-state index contributed by atoms with van der Waals surface area (Å²) in [5.41, 5.74) is 0. The minimum Gasteiger partial charge on any atom is -0.467 e. The number of nitrogens with one attached hydrogen (secondary N) is 2. The van der Waals surface area contributed by atoms with Gasteiger partial charge in [-0.25, -0.2) is 0 Å². The molecule has 2 N–H and O–H groups in total. The maximum atomic E-state index is 11.8. The molecule has 0 spiro atoms. The van der Waals surface area contributed by atoms with Crippen LogP contribution >= 0.6 is 0 Å². The average molecular weight is 278 g/mol. The molecule has 20 heavy (non-hydrogen) atoms. The molecule has 2 amide bonds. The van der Waals surface area contributed by atoms with Gasteiger partial charge in [-0.2, -0.15) is 0 Å². The van der Waals surface area contributed by atoms with E-state index in [1.54, 1.807) is 12.1 Å². The largest absolute Gasteiger partial charge is 0.467 e. The van der Waals surface area contributed by atoms with Crippen LogP contribution in [0.4, 0.5) is 0 Å². The zero-order chi connectivity index (χ0) is 14.4. The second-order valence-corrected chi connectivity index (χ2v) is 5.36. The summed E-state index contributed by atoms with van der Waals surface area (Å²) in [5.74, 6) is 0.265. The number of hydrogen-bond donors (Lipinski definition) is 2. The Bertz CT molecular complexity index is 434. The van der Waals surface area contributed by atoms with Crippen molar-refractivity contribution < 1.29 is 14.0 Å². The van der Waals surface area contributed by atoms with E-state index in [0.29, 0.717) is 5.76 Å². The van der Waals surface area contributed by atoms with E-state index < -0.39 is 11.8 Å². The molecule has 1 aromatic heterocycles. The second-order valence-electron chi connectivity index (χ2n) is 5.36. The Balaban J connectivity index is 1.70. The minimum atomic E-state index is -0.598. The fourth-order valence-electron chi connectivity index (χ4n) is 2.63. The molecule has 1 heterocycles. The topological polar surface area (TPSA) is 71.3 Å². The van der Waals surface area contributed by atoms with Crippen LogP contribution in [0, 0.1) is 5.92 Å². The predicted molar refractivity (Wildman–Crippen MR) is 74.7 cm³/mol. The summed E-state index contributed by atoms with van der Waals surface area (Å²) in [6, 6.07) is 3.64. The van der Waals surface area contributed by atoms with Gasteiger partial charge < -0.3 is 15.1 Å². The number of amides is 2. The Morgan fingerprint density at radius 1 is 1.25 bits per heavy atom. The predicted octanol–water partition coefficient (Wildman–Crippen LogP) is 1.98. The van der Waals surface area contributed by atoms with Gasteiger partial charge in [0, 0.05) is 6.04 Å². The van der Waals surface area contributed by atoms with Crippen LogP contribution in [0.3, 0.4) is 0 Å². The standard InChI is InChI=1S/C15H22N2O3/c1-2-11-5-7-12(8-6-11)17-15(19)14(18)16-10-13-4-3-9-20-13/h3-4,9,11-12H,2,5-8,10H2,1H3,(H,16,18)(H,17,19). The SMILES string of the molecule is CCC1CCC(NC(=O)C(=O)NCc2ccco2)CC1. The van der Waals surface area contributed by atoms with Gasteiger partial charge in [0.15, 0.2) is 0 Å². The van der Waals surface area contributed by atoms with Gasteiger partial charge in [0.2, 0.25) is 0 Å². The first-order valence-electron chi connectivity index (χ1n) is 7.30. The Morgan fingerprint density at radius 2 is 2.00 bits per heavy atom. The first-order chi connectivity index (χ1) is 9.69. The monoisotopic (exact) mass is 278 g/mol. The highest BCUT2D eigenvalue weighted by molar-refractivity contribution is 6.35. The zero-order valence-electron chi connectivity index (χ0n) is 11.9. The van der Waals surface area contributed by atoms with Crippen molar-refractivity contribution in [3.63, 3.8) is 0 Å². The molecule has 0 aliphatic heterocycles. The van der Waals surface area contributed by atoms with E-state index in [9.17, 15) is 9.59 Å². The van der Waals surface area contributed by atoms with Crippen molar-refractivity contribution >= 4 is 11.8 Å². The highest BCUT2D eigenvalue weighted by Gasteiger charge is 2.23. The number of carbonyl (C=O) groups is 2. The van der Waals surface area contributed by atoms with Crippen molar-refractivity contribution in [1.29, 1.82) is 0 Å². The third-order valence-corrected chi connectivity index (χ3v) is 3.97. The molecule has 1 saturated carbocycles. The van der Waals surface area contributed by atoms with Crippen LogP contribution in [0.2, 0.25) is 0 Å². The third-order valence-electron chi connectivity index (χ3n) is 3.97. The Hall–Kier alpha value is -1.78. The minimum absolute atomic E-state index is 0.139. The van der Waals surface area contributed by atoms with Crippen LogP contribution in [0.15, 0.2) is 22.8 Å². The smallest absolute Gasteiger partial charge is 0.309 e. The molecule has 110 valence electrons. The van der Waals surface area contributed by atoms with Gasteiger partial charge in [0.1, 0.15) is 5.76 Å². The molecule has 5 heteroatoms. The lowest BCUT2D eigenvalue weighted by molar-refractivity contribution is -0.139. The maximum Gasteiger partial charge on any atom is 0.309 e. The summed E-state index contributed by atoms with van der Waals surface area (Å²) >= 11 is 0. The highest BCUT2D eigenvalue weighted by Crippen LogP contribution is 2.26. The van der Waals surface area contributed by atoms with Gasteiger partial charge in [-0.05, 0) is 43.7 Å². The molecule has 0 unspecified atom stereocenters. The van der Waals surface area contributed by atoms with Crippen molar-refractivity contribution in [2.75, 3.05) is 0 Å². The van der Waals surface area contributed by atoms with Gasteiger partial charge in [0.25, 0.3) is 0 Å². The molecule has 1 aliphatic rings. The first kappa shape index (κ1) is 14.6. The Kier molecular flexibility index (Phi) is 5.21.